The number of nitrogens with two attached hydrogens (primary N) is 1. The lowest BCUT2D eigenvalue weighted by atomic mass is 10.2. The third-order valence-electron chi connectivity index (χ3n) is 3.73. The highest BCUT2D eigenvalue weighted by Crippen LogP contribution is 2.28. The maximum Gasteiger partial charge on any atom is 0.358 e. The first-order valence-corrected chi connectivity index (χ1v) is 8.19. The van der Waals surface area contributed by atoms with E-state index in [1.165, 1.54) is 27.4 Å². The monoisotopic (exact) mass is 386 g/mol. The predicted molar refractivity (Wildman–Crippen MR) is 105 cm³/mol. The largest absolute Gasteiger partial charge is 0.493 e. The van der Waals surface area contributed by atoms with Gasteiger partial charge < -0.3 is 29.5 Å². The first-order chi connectivity index (χ1) is 13.5. The molecule has 0 saturated carbocycles. The minimum Gasteiger partial charge on any atom is -0.493 e. The molecule has 0 atom stereocenters. The van der Waals surface area contributed by atoms with Crippen LogP contribution in [-0.4, -0.2) is 40.2 Å². The summed E-state index contributed by atoms with van der Waals surface area (Å²) in [7, 11) is 6.12. The number of rotatable bonds is 8. The van der Waals surface area contributed by atoms with Crippen LogP contribution in [0.4, 0.5) is 0 Å². The molecular weight excluding hydrogens is 364 g/mol. The van der Waals surface area contributed by atoms with Gasteiger partial charge in [0.25, 0.3) is 0 Å². The zero-order valence-electron chi connectivity index (χ0n) is 16.1. The molecule has 0 aliphatic rings. The van der Waals surface area contributed by atoms with Gasteiger partial charge in [-0.3, -0.25) is 0 Å². The summed E-state index contributed by atoms with van der Waals surface area (Å²) in [5.74, 6) is 1.52. The standard InChI is InChI=1S/C20H22N2O6/c1-24-15-8-5-13(11-17(15)26-3)6-10-19(23)28-22-20(21)14-7-9-16(25-2)18(12-14)27-4/h5-12H,1-4H3,(H2,21,22). The van der Waals surface area contributed by atoms with Gasteiger partial charge in [-0.25, -0.2) is 4.79 Å². The Labute approximate surface area is 163 Å². The zero-order valence-corrected chi connectivity index (χ0v) is 16.1. The van der Waals surface area contributed by atoms with E-state index in [2.05, 4.69) is 5.16 Å². The number of benzene rings is 2. The number of amidine groups is 1. The van der Waals surface area contributed by atoms with Crippen molar-refractivity contribution in [3.05, 3.63) is 53.6 Å². The second kappa shape index (κ2) is 9.86. The van der Waals surface area contributed by atoms with Crippen molar-refractivity contribution in [2.45, 2.75) is 0 Å². The van der Waals surface area contributed by atoms with Gasteiger partial charge >= 0.3 is 5.97 Å². The van der Waals surface area contributed by atoms with Crippen LogP contribution in [0.2, 0.25) is 0 Å². The first-order valence-electron chi connectivity index (χ1n) is 8.19. The molecule has 0 unspecified atom stereocenters. The third kappa shape index (κ3) is 5.16. The van der Waals surface area contributed by atoms with Gasteiger partial charge in [0.1, 0.15) is 0 Å². The highest BCUT2D eigenvalue weighted by Gasteiger charge is 2.08. The number of methoxy groups -OCH3 is 4. The number of nitrogens with zero attached hydrogens (tertiary/aromatic N) is 1. The number of hydrogen-bond acceptors (Lipinski definition) is 7. The van der Waals surface area contributed by atoms with Crippen LogP contribution in [0.15, 0.2) is 47.6 Å². The molecule has 0 radical (unpaired) electrons. The molecule has 0 aliphatic heterocycles. The van der Waals surface area contributed by atoms with Gasteiger partial charge in [-0.2, -0.15) is 0 Å². The lowest BCUT2D eigenvalue weighted by Crippen LogP contribution is -2.15. The Kier molecular flexibility index (Phi) is 7.27. The molecular formula is C20H22N2O6. The van der Waals surface area contributed by atoms with E-state index in [1.807, 2.05) is 0 Å². The molecule has 0 saturated heterocycles. The van der Waals surface area contributed by atoms with Gasteiger partial charge in [-0.05, 0) is 42.0 Å². The summed E-state index contributed by atoms with van der Waals surface area (Å²) in [4.78, 5) is 16.7. The number of hydrogen-bond donors (Lipinski definition) is 1. The number of ether oxygens (including phenoxy) is 4. The molecule has 0 spiro atoms. The molecule has 8 heteroatoms. The molecule has 2 aromatic rings. The summed E-state index contributed by atoms with van der Waals surface area (Å²) < 4.78 is 20.7. The van der Waals surface area contributed by atoms with Crippen LogP contribution < -0.4 is 24.7 Å². The molecule has 0 aromatic heterocycles. The fraction of sp³-hybridized carbons (Fsp3) is 0.200. The number of carbonyl (C=O) groups is 1. The fourth-order valence-corrected chi connectivity index (χ4v) is 2.29. The summed E-state index contributed by atoms with van der Waals surface area (Å²) in [5, 5.41) is 3.65. The van der Waals surface area contributed by atoms with Crippen LogP contribution in [0.1, 0.15) is 11.1 Å². The zero-order chi connectivity index (χ0) is 20.5. The SMILES string of the molecule is COc1ccc(C=CC(=O)ON=C(N)c2ccc(OC)c(OC)c2)cc1OC. The van der Waals surface area contributed by atoms with Crippen LogP contribution in [0.25, 0.3) is 6.08 Å². The number of oxime groups is 1. The van der Waals surface area contributed by atoms with Gasteiger partial charge in [0.05, 0.1) is 28.4 Å². The third-order valence-corrected chi connectivity index (χ3v) is 3.73. The van der Waals surface area contributed by atoms with Crippen molar-refractivity contribution in [3.63, 3.8) is 0 Å². The average Bonchev–Trinajstić information content (AvgIpc) is 2.74. The summed E-state index contributed by atoms with van der Waals surface area (Å²) in [5.41, 5.74) is 7.11. The quantitative estimate of drug-likeness (QED) is 0.245. The Balaban J connectivity index is 2.05. The van der Waals surface area contributed by atoms with Crippen LogP contribution in [0.5, 0.6) is 23.0 Å². The molecule has 28 heavy (non-hydrogen) atoms. The van der Waals surface area contributed by atoms with Crippen molar-refractivity contribution in [1.29, 1.82) is 0 Å². The molecule has 0 aliphatic carbocycles. The van der Waals surface area contributed by atoms with Crippen LogP contribution in [0, 0.1) is 0 Å². The second-order valence-electron chi connectivity index (χ2n) is 5.40. The highest BCUT2D eigenvalue weighted by atomic mass is 16.7. The minimum atomic E-state index is -0.682. The van der Waals surface area contributed by atoms with Gasteiger partial charge in [0.15, 0.2) is 28.8 Å². The van der Waals surface area contributed by atoms with Crippen molar-refractivity contribution in [3.8, 4) is 23.0 Å². The molecule has 8 nitrogen and oxygen atoms in total. The second-order valence-corrected chi connectivity index (χ2v) is 5.40. The lowest BCUT2D eigenvalue weighted by Gasteiger charge is -2.08. The van der Waals surface area contributed by atoms with Crippen molar-refractivity contribution in [1.82, 2.24) is 0 Å². The summed E-state index contributed by atoms with van der Waals surface area (Å²) in [6, 6.07) is 10.2. The Morgan fingerprint density at radius 2 is 1.43 bits per heavy atom. The van der Waals surface area contributed by atoms with Gasteiger partial charge in [-0.15, -0.1) is 0 Å². The van der Waals surface area contributed by atoms with E-state index in [4.69, 9.17) is 29.5 Å². The Morgan fingerprint density at radius 3 is 2.04 bits per heavy atom. The van der Waals surface area contributed by atoms with Gasteiger partial charge in [0.2, 0.25) is 0 Å². The molecule has 0 fully saturated rings. The topological polar surface area (TPSA) is 102 Å². The van der Waals surface area contributed by atoms with Gasteiger partial charge in [-0.1, -0.05) is 11.2 Å². The van der Waals surface area contributed by atoms with Gasteiger partial charge in [0, 0.05) is 11.6 Å². The van der Waals surface area contributed by atoms with E-state index >= 15 is 0 Å². The molecule has 2 aromatic carbocycles. The predicted octanol–water partition coefficient (Wildman–Crippen LogP) is 2.60. The highest BCUT2D eigenvalue weighted by molar-refractivity contribution is 5.98. The van der Waals surface area contributed by atoms with E-state index in [0.29, 0.717) is 28.6 Å². The van der Waals surface area contributed by atoms with E-state index in [-0.39, 0.29) is 5.84 Å². The molecule has 148 valence electrons. The Bertz CT molecular complexity index is 892. The van der Waals surface area contributed by atoms with E-state index in [1.54, 1.807) is 49.6 Å². The molecule has 2 N–H and O–H groups in total. The van der Waals surface area contributed by atoms with Crippen LogP contribution in [-0.2, 0) is 9.63 Å². The maximum atomic E-state index is 11.9. The minimum absolute atomic E-state index is 0.0221. The first kappa shape index (κ1) is 20.6. The normalized spacial score (nSPS) is 11.2. The van der Waals surface area contributed by atoms with E-state index in [0.717, 1.165) is 5.56 Å². The van der Waals surface area contributed by atoms with Crippen molar-refractivity contribution < 1.29 is 28.6 Å². The molecule has 0 heterocycles. The van der Waals surface area contributed by atoms with E-state index in [9.17, 15) is 4.79 Å². The van der Waals surface area contributed by atoms with E-state index < -0.39 is 5.97 Å². The van der Waals surface area contributed by atoms with Crippen molar-refractivity contribution >= 4 is 17.9 Å². The average molecular weight is 386 g/mol. The molecule has 0 bridgehead atoms. The summed E-state index contributed by atoms with van der Waals surface area (Å²) in [6.07, 6.45) is 2.79. The molecule has 2 rings (SSSR count). The van der Waals surface area contributed by atoms with Crippen molar-refractivity contribution in [2.24, 2.45) is 10.9 Å². The lowest BCUT2D eigenvalue weighted by molar-refractivity contribution is -0.137. The Morgan fingerprint density at radius 1 is 0.857 bits per heavy atom. The van der Waals surface area contributed by atoms with Crippen LogP contribution in [0.3, 0.4) is 0 Å². The van der Waals surface area contributed by atoms with Crippen LogP contribution >= 0.6 is 0 Å². The fourth-order valence-electron chi connectivity index (χ4n) is 2.29. The van der Waals surface area contributed by atoms with Crippen molar-refractivity contribution in [2.75, 3.05) is 28.4 Å². The maximum absolute atomic E-state index is 11.9. The summed E-state index contributed by atoms with van der Waals surface area (Å²) in [6.45, 7) is 0. The summed E-state index contributed by atoms with van der Waals surface area (Å²) >= 11 is 0. The smallest absolute Gasteiger partial charge is 0.358 e. The number of carbonyl (C=O) groups excluding carboxylic acids is 1. The molecule has 0 amide bonds. The Hall–Kier alpha value is -3.68.